The first-order valence-corrected chi connectivity index (χ1v) is 11.1. The maximum absolute atomic E-state index is 4.93. The lowest BCUT2D eigenvalue weighted by molar-refractivity contribution is 0.247. The summed E-state index contributed by atoms with van der Waals surface area (Å²) in [6.07, 6.45) is 4.43. The molecule has 2 fully saturated rings. The van der Waals surface area contributed by atoms with Crippen molar-refractivity contribution in [1.82, 2.24) is 19.8 Å². The van der Waals surface area contributed by atoms with Crippen LogP contribution in [0.4, 0.5) is 5.95 Å². The second kappa shape index (κ2) is 8.32. The third-order valence-corrected chi connectivity index (χ3v) is 6.75. The van der Waals surface area contributed by atoms with E-state index in [1.807, 2.05) is 12.3 Å². The number of aromatic nitrogens is 2. The monoisotopic (exact) mass is 401 g/mol. The molecule has 5 nitrogen and oxygen atoms in total. The molecule has 3 heterocycles. The molecule has 0 bridgehead atoms. The van der Waals surface area contributed by atoms with Crippen molar-refractivity contribution < 1.29 is 0 Å². The van der Waals surface area contributed by atoms with Crippen LogP contribution in [0.5, 0.6) is 0 Å². The molecule has 0 spiro atoms. The predicted molar refractivity (Wildman–Crippen MR) is 124 cm³/mol. The van der Waals surface area contributed by atoms with E-state index in [1.165, 1.54) is 43.2 Å². The van der Waals surface area contributed by atoms with Gasteiger partial charge in [-0.15, -0.1) is 0 Å². The molecule has 2 atom stereocenters. The Hall–Kier alpha value is -2.50. The van der Waals surface area contributed by atoms with E-state index in [0.29, 0.717) is 12.0 Å². The minimum atomic E-state index is 0.707. The number of benzene rings is 2. The normalized spacial score (nSPS) is 22.4. The Morgan fingerprint density at radius 2 is 1.83 bits per heavy atom. The predicted octanol–water partition coefficient (Wildman–Crippen LogP) is 3.76. The molecule has 2 aliphatic rings. The molecule has 0 aliphatic carbocycles. The molecule has 5 rings (SSSR count). The van der Waals surface area contributed by atoms with E-state index in [-0.39, 0.29) is 0 Å². The molecule has 2 aromatic carbocycles. The quantitative estimate of drug-likeness (QED) is 0.651. The Morgan fingerprint density at radius 1 is 0.967 bits per heavy atom. The van der Waals surface area contributed by atoms with Gasteiger partial charge in [0, 0.05) is 44.0 Å². The lowest BCUT2D eigenvalue weighted by Crippen LogP contribution is -2.34. The van der Waals surface area contributed by atoms with Crippen molar-refractivity contribution in [2.75, 3.05) is 51.7 Å². The number of likely N-dealkylation sites (tertiary alicyclic amines) is 1. The number of nitrogens with zero attached hydrogens (tertiary/aromatic N) is 5. The van der Waals surface area contributed by atoms with E-state index in [0.717, 1.165) is 30.3 Å². The van der Waals surface area contributed by atoms with Crippen LogP contribution in [0.3, 0.4) is 0 Å². The largest absolute Gasteiger partial charge is 0.340 e. The van der Waals surface area contributed by atoms with Crippen LogP contribution in [0.25, 0.3) is 22.0 Å². The zero-order chi connectivity index (χ0) is 20.5. The van der Waals surface area contributed by atoms with Gasteiger partial charge in [-0.2, -0.15) is 0 Å². The molecular formula is C25H31N5. The number of fused-ring (bicyclic) bond motifs is 1. The van der Waals surface area contributed by atoms with Gasteiger partial charge in [-0.05, 0) is 62.3 Å². The van der Waals surface area contributed by atoms with Crippen LogP contribution in [-0.4, -0.2) is 72.6 Å². The molecule has 0 N–H and O–H groups in total. The Balaban J connectivity index is 1.26. The van der Waals surface area contributed by atoms with Gasteiger partial charge in [-0.1, -0.05) is 36.4 Å². The molecule has 0 saturated carbocycles. The molecule has 0 amide bonds. The lowest BCUT2D eigenvalue weighted by atomic mass is 10.1. The van der Waals surface area contributed by atoms with Crippen LogP contribution in [0.2, 0.25) is 0 Å². The van der Waals surface area contributed by atoms with Gasteiger partial charge in [0.2, 0.25) is 5.95 Å². The van der Waals surface area contributed by atoms with Gasteiger partial charge in [-0.25, -0.2) is 9.97 Å². The van der Waals surface area contributed by atoms with Crippen molar-refractivity contribution in [3.63, 3.8) is 0 Å². The van der Waals surface area contributed by atoms with E-state index in [4.69, 9.17) is 4.98 Å². The van der Waals surface area contributed by atoms with Crippen molar-refractivity contribution in [2.24, 2.45) is 5.92 Å². The third-order valence-electron chi connectivity index (χ3n) is 6.75. The summed E-state index contributed by atoms with van der Waals surface area (Å²) in [6.45, 7) is 5.75. The molecule has 2 aliphatic heterocycles. The summed E-state index contributed by atoms with van der Waals surface area (Å²) in [6, 6.07) is 17.8. The molecule has 30 heavy (non-hydrogen) atoms. The van der Waals surface area contributed by atoms with E-state index < -0.39 is 0 Å². The van der Waals surface area contributed by atoms with Gasteiger partial charge < -0.3 is 14.7 Å². The Labute approximate surface area is 179 Å². The SMILES string of the molecule is CN(C)[C@@H]1CCN(C[C@@H]2CCN(c3nccc(-c4ccc5ccccc5c4)n3)C2)C1. The number of rotatable bonds is 5. The van der Waals surface area contributed by atoms with Crippen molar-refractivity contribution in [2.45, 2.75) is 18.9 Å². The number of hydrogen-bond acceptors (Lipinski definition) is 5. The first kappa shape index (κ1) is 19.5. The van der Waals surface area contributed by atoms with Crippen LogP contribution in [0.15, 0.2) is 54.7 Å². The number of hydrogen-bond donors (Lipinski definition) is 0. The molecule has 1 aromatic heterocycles. The minimum Gasteiger partial charge on any atom is -0.340 e. The Bertz CT molecular complexity index is 1020. The van der Waals surface area contributed by atoms with Crippen molar-refractivity contribution in [3.8, 4) is 11.3 Å². The third kappa shape index (κ3) is 4.05. The molecule has 156 valence electrons. The van der Waals surface area contributed by atoms with Crippen LogP contribution < -0.4 is 4.90 Å². The molecular weight excluding hydrogens is 370 g/mol. The zero-order valence-electron chi connectivity index (χ0n) is 18.0. The first-order valence-electron chi connectivity index (χ1n) is 11.1. The average molecular weight is 402 g/mol. The van der Waals surface area contributed by atoms with E-state index in [2.05, 4.69) is 76.2 Å². The maximum Gasteiger partial charge on any atom is 0.225 e. The van der Waals surface area contributed by atoms with E-state index in [9.17, 15) is 0 Å². The summed E-state index contributed by atoms with van der Waals surface area (Å²) in [5, 5.41) is 2.51. The van der Waals surface area contributed by atoms with Gasteiger partial charge in [-0.3, -0.25) is 0 Å². The fourth-order valence-corrected chi connectivity index (χ4v) is 4.94. The van der Waals surface area contributed by atoms with Gasteiger partial charge in [0.25, 0.3) is 0 Å². The van der Waals surface area contributed by atoms with E-state index >= 15 is 0 Å². The number of likely N-dealkylation sites (N-methyl/N-ethyl adjacent to an activating group) is 1. The maximum atomic E-state index is 4.93. The van der Waals surface area contributed by atoms with E-state index in [1.54, 1.807) is 0 Å². The molecule has 2 saturated heterocycles. The molecule has 5 heteroatoms. The molecule has 0 unspecified atom stereocenters. The highest BCUT2D eigenvalue weighted by Gasteiger charge is 2.30. The second-order valence-electron chi connectivity index (χ2n) is 9.07. The summed E-state index contributed by atoms with van der Waals surface area (Å²) in [5.41, 5.74) is 2.16. The summed E-state index contributed by atoms with van der Waals surface area (Å²) in [7, 11) is 4.40. The standard InChI is InChI=1S/C25H31N5/c1-28(2)23-11-13-29(18-23)16-19-10-14-30(17-19)25-26-12-9-24(27-25)22-8-7-20-5-3-4-6-21(20)15-22/h3-9,12,15,19,23H,10-11,13-14,16-18H2,1-2H3/t19-,23+/m0/s1. The van der Waals surface area contributed by atoms with Crippen LogP contribution in [-0.2, 0) is 0 Å². The number of anilines is 1. The fourth-order valence-electron chi connectivity index (χ4n) is 4.94. The fraction of sp³-hybridized carbons (Fsp3) is 0.440. The Morgan fingerprint density at radius 3 is 2.67 bits per heavy atom. The highest BCUT2D eigenvalue weighted by Crippen LogP contribution is 2.27. The highest BCUT2D eigenvalue weighted by molar-refractivity contribution is 5.86. The lowest BCUT2D eigenvalue weighted by Gasteiger charge is -2.23. The van der Waals surface area contributed by atoms with Gasteiger partial charge >= 0.3 is 0 Å². The van der Waals surface area contributed by atoms with Gasteiger partial charge in [0.15, 0.2) is 0 Å². The van der Waals surface area contributed by atoms with Crippen LogP contribution >= 0.6 is 0 Å². The zero-order valence-corrected chi connectivity index (χ0v) is 18.0. The summed E-state index contributed by atoms with van der Waals surface area (Å²) in [4.78, 5) is 16.9. The minimum absolute atomic E-state index is 0.707. The molecule has 0 radical (unpaired) electrons. The van der Waals surface area contributed by atoms with Crippen LogP contribution in [0, 0.1) is 5.92 Å². The van der Waals surface area contributed by atoms with Gasteiger partial charge in [0.05, 0.1) is 5.69 Å². The summed E-state index contributed by atoms with van der Waals surface area (Å²) in [5.74, 6) is 1.58. The van der Waals surface area contributed by atoms with Crippen molar-refractivity contribution in [3.05, 3.63) is 54.7 Å². The van der Waals surface area contributed by atoms with Gasteiger partial charge in [0.1, 0.15) is 0 Å². The summed E-state index contributed by atoms with van der Waals surface area (Å²) >= 11 is 0. The van der Waals surface area contributed by atoms with Crippen molar-refractivity contribution >= 4 is 16.7 Å². The average Bonchev–Trinajstić information content (AvgIpc) is 3.44. The van der Waals surface area contributed by atoms with Crippen LogP contribution in [0.1, 0.15) is 12.8 Å². The van der Waals surface area contributed by atoms with Crippen molar-refractivity contribution in [1.29, 1.82) is 0 Å². The Kier molecular flexibility index (Phi) is 5.40. The smallest absolute Gasteiger partial charge is 0.225 e. The first-order chi connectivity index (χ1) is 14.7. The highest BCUT2D eigenvalue weighted by atomic mass is 15.3. The molecule has 3 aromatic rings. The second-order valence-corrected chi connectivity index (χ2v) is 9.07. The summed E-state index contributed by atoms with van der Waals surface area (Å²) < 4.78 is 0. The topological polar surface area (TPSA) is 35.5 Å².